The van der Waals surface area contributed by atoms with Crippen molar-refractivity contribution in [3.8, 4) is 5.75 Å². The first-order valence-electron chi connectivity index (χ1n) is 4.75. The average molecular weight is 336 g/mol. The van der Waals surface area contributed by atoms with Gasteiger partial charge in [-0.15, -0.1) is 0 Å². The molecule has 0 heterocycles. The van der Waals surface area contributed by atoms with Crippen LogP contribution in [-0.2, 0) is 12.0 Å². The Balaban J connectivity index is 2.74. The van der Waals surface area contributed by atoms with E-state index in [-0.39, 0.29) is 0 Å². The first kappa shape index (κ1) is 11.4. The molecule has 4 heteroatoms. The molecule has 0 bridgehead atoms. The SMILES string of the molecule is COc1c(Br)cc(Br)c2c1C(C)(O)CC2. The molecule has 2 nitrogen and oxygen atoms in total. The Kier molecular flexibility index (Phi) is 2.86. The quantitative estimate of drug-likeness (QED) is 0.852. The summed E-state index contributed by atoms with van der Waals surface area (Å²) in [5, 5.41) is 10.3. The van der Waals surface area contributed by atoms with Crippen LogP contribution in [0.3, 0.4) is 0 Å². The second-order valence-corrected chi connectivity index (χ2v) is 5.71. The number of benzene rings is 1. The average Bonchev–Trinajstić information content (AvgIpc) is 2.44. The molecule has 0 amide bonds. The smallest absolute Gasteiger partial charge is 0.139 e. The molecule has 0 aromatic heterocycles. The van der Waals surface area contributed by atoms with Crippen LogP contribution in [0.2, 0.25) is 0 Å². The Morgan fingerprint density at radius 2 is 2.07 bits per heavy atom. The van der Waals surface area contributed by atoms with E-state index in [1.807, 2.05) is 13.0 Å². The zero-order valence-electron chi connectivity index (χ0n) is 8.60. The molecule has 0 fully saturated rings. The van der Waals surface area contributed by atoms with Crippen LogP contribution in [0.1, 0.15) is 24.5 Å². The summed E-state index contributed by atoms with van der Waals surface area (Å²) in [4.78, 5) is 0. The summed E-state index contributed by atoms with van der Waals surface area (Å²) in [5.74, 6) is 0.746. The van der Waals surface area contributed by atoms with Gasteiger partial charge in [0.2, 0.25) is 0 Å². The summed E-state index contributed by atoms with van der Waals surface area (Å²) in [5.41, 5.74) is 1.28. The third-order valence-corrected chi connectivity index (χ3v) is 4.19. The van der Waals surface area contributed by atoms with Gasteiger partial charge in [-0.1, -0.05) is 15.9 Å². The van der Waals surface area contributed by atoms with E-state index in [0.29, 0.717) is 0 Å². The van der Waals surface area contributed by atoms with Gasteiger partial charge >= 0.3 is 0 Å². The molecular weight excluding hydrogens is 324 g/mol. The molecule has 1 aliphatic rings. The number of ether oxygens (including phenoxy) is 1. The van der Waals surface area contributed by atoms with Gasteiger partial charge in [-0.25, -0.2) is 0 Å². The minimum absolute atomic E-state index is 0.744. The maximum Gasteiger partial charge on any atom is 0.139 e. The Bertz CT molecular complexity index is 414. The monoisotopic (exact) mass is 334 g/mol. The van der Waals surface area contributed by atoms with Crippen molar-refractivity contribution >= 4 is 31.9 Å². The maximum absolute atomic E-state index is 10.3. The van der Waals surface area contributed by atoms with Crippen molar-refractivity contribution in [2.45, 2.75) is 25.4 Å². The summed E-state index contributed by atoms with van der Waals surface area (Å²) in [6.45, 7) is 1.83. The number of hydrogen-bond acceptors (Lipinski definition) is 2. The zero-order valence-corrected chi connectivity index (χ0v) is 11.8. The van der Waals surface area contributed by atoms with Gasteiger partial charge < -0.3 is 9.84 Å². The fraction of sp³-hybridized carbons (Fsp3) is 0.455. The molecule has 0 spiro atoms. The van der Waals surface area contributed by atoms with Gasteiger partial charge in [-0.2, -0.15) is 0 Å². The first-order chi connectivity index (χ1) is 6.97. The number of rotatable bonds is 1. The van der Waals surface area contributed by atoms with Crippen LogP contribution in [0, 0.1) is 0 Å². The lowest BCUT2D eigenvalue weighted by Crippen LogP contribution is -2.17. The summed E-state index contributed by atoms with van der Waals surface area (Å²) in [6, 6.07) is 1.97. The van der Waals surface area contributed by atoms with Crippen LogP contribution >= 0.6 is 31.9 Å². The predicted octanol–water partition coefficient (Wildman–Crippen LogP) is 3.37. The highest BCUT2D eigenvalue weighted by atomic mass is 79.9. The molecule has 1 unspecified atom stereocenters. The lowest BCUT2D eigenvalue weighted by molar-refractivity contribution is 0.0570. The number of hydrogen-bond donors (Lipinski definition) is 1. The van der Waals surface area contributed by atoms with Gasteiger partial charge in [0.15, 0.2) is 0 Å². The van der Waals surface area contributed by atoms with Gasteiger partial charge in [0.25, 0.3) is 0 Å². The highest BCUT2D eigenvalue weighted by Gasteiger charge is 2.37. The fourth-order valence-electron chi connectivity index (χ4n) is 2.15. The van der Waals surface area contributed by atoms with Crippen molar-refractivity contribution in [2.75, 3.05) is 7.11 Å². The molecule has 1 aromatic carbocycles. The Hall–Kier alpha value is -0.0600. The molecule has 0 saturated heterocycles. The Morgan fingerprint density at radius 3 is 2.67 bits per heavy atom. The van der Waals surface area contributed by atoms with Gasteiger partial charge in [0, 0.05) is 10.0 Å². The minimum atomic E-state index is -0.785. The van der Waals surface area contributed by atoms with Crippen molar-refractivity contribution in [1.29, 1.82) is 0 Å². The van der Waals surface area contributed by atoms with E-state index in [2.05, 4.69) is 31.9 Å². The molecule has 0 aliphatic heterocycles. The molecule has 15 heavy (non-hydrogen) atoms. The Labute approximate surface area is 106 Å². The van der Waals surface area contributed by atoms with E-state index in [0.717, 1.165) is 38.7 Å². The fourth-order valence-corrected chi connectivity index (χ4v) is 3.67. The topological polar surface area (TPSA) is 29.5 Å². The van der Waals surface area contributed by atoms with E-state index in [4.69, 9.17) is 4.74 Å². The van der Waals surface area contributed by atoms with Crippen LogP contribution in [-0.4, -0.2) is 12.2 Å². The summed E-state index contributed by atoms with van der Waals surface area (Å²) in [7, 11) is 1.63. The summed E-state index contributed by atoms with van der Waals surface area (Å²) >= 11 is 6.96. The molecule has 2 rings (SSSR count). The van der Waals surface area contributed by atoms with Crippen LogP contribution in [0.25, 0.3) is 0 Å². The van der Waals surface area contributed by atoms with E-state index >= 15 is 0 Å². The normalized spacial score (nSPS) is 24.1. The molecular formula is C11H12Br2O2. The van der Waals surface area contributed by atoms with Crippen molar-refractivity contribution in [3.05, 3.63) is 26.1 Å². The number of halogens is 2. The lowest BCUT2D eigenvalue weighted by Gasteiger charge is -2.21. The third kappa shape index (κ3) is 1.73. The largest absolute Gasteiger partial charge is 0.495 e. The van der Waals surface area contributed by atoms with E-state index in [9.17, 15) is 5.11 Å². The molecule has 1 aromatic rings. The number of methoxy groups -OCH3 is 1. The second kappa shape index (κ2) is 3.75. The molecule has 0 saturated carbocycles. The van der Waals surface area contributed by atoms with Crippen LogP contribution in [0.4, 0.5) is 0 Å². The van der Waals surface area contributed by atoms with E-state index in [1.165, 1.54) is 0 Å². The lowest BCUT2D eigenvalue weighted by atomic mass is 9.97. The molecule has 82 valence electrons. The number of fused-ring (bicyclic) bond motifs is 1. The van der Waals surface area contributed by atoms with Gasteiger partial charge in [-0.3, -0.25) is 0 Å². The van der Waals surface area contributed by atoms with Gasteiger partial charge in [0.1, 0.15) is 5.75 Å². The third-order valence-electron chi connectivity index (χ3n) is 2.89. The zero-order chi connectivity index (χ0) is 11.2. The summed E-state index contributed by atoms with van der Waals surface area (Å²) in [6.07, 6.45) is 1.63. The molecule has 1 atom stereocenters. The van der Waals surface area contributed by atoms with Crippen LogP contribution in [0.5, 0.6) is 5.75 Å². The van der Waals surface area contributed by atoms with Crippen LogP contribution in [0.15, 0.2) is 15.0 Å². The van der Waals surface area contributed by atoms with Crippen molar-refractivity contribution in [2.24, 2.45) is 0 Å². The van der Waals surface area contributed by atoms with E-state index < -0.39 is 5.60 Å². The molecule has 1 aliphatic carbocycles. The van der Waals surface area contributed by atoms with Crippen molar-refractivity contribution < 1.29 is 9.84 Å². The van der Waals surface area contributed by atoms with Gasteiger partial charge in [0.05, 0.1) is 17.2 Å². The van der Waals surface area contributed by atoms with Crippen molar-refractivity contribution in [3.63, 3.8) is 0 Å². The second-order valence-electron chi connectivity index (χ2n) is 4.00. The predicted molar refractivity (Wildman–Crippen MR) is 66.3 cm³/mol. The van der Waals surface area contributed by atoms with E-state index in [1.54, 1.807) is 7.11 Å². The van der Waals surface area contributed by atoms with Gasteiger partial charge in [-0.05, 0) is 47.3 Å². The number of aliphatic hydroxyl groups is 1. The minimum Gasteiger partial charge on any atom is -0.495 e. The van der Waals surface area contributed by atoms with Crippen molar-refractivity contribution in [1.82, 2.24) is 0 Å². The highest BCUT2D eigenvalue weighted by Crippen LogP contribution is 2.48. The standard InChI is InChI=1S/C11H12Br2O2/c1-11(14)4-3-6-7(12)5-8(13)10(15-2)9(6)11/h5,14H,3-4H2,1-2H3. The molecule has 1 N–H and O–H groups in total. The summed E-state index contributed by atoms with van der Waals surface area (Å²) < 4.78 is 7.25. The first-order valence-corrected chi connectivity index (χ1v) is 6.33. The maximum atomic E-state index is 10.3. The van der Waals surface area contributed by atoms with Crippen LogP contribution < -0.4 is 4.74 Å². The highest BCUT2D eigenvalue weighted by molar-refractivity contribution is 9.11. The Morgan fingerprint density at radius 1 is 1.40 bits per heavy atom. The molecule has 0 radical (unpaired) electrons.